The number of hydrogen-bond acceptors (Lipinski definition) is 7. The maximum Gasteiger partial charge on any atom is 0.437 e. The van der Waals surface area contributed by atoms with Crippen molar-refractivity contribution < 1.29 is 14.3 Å². The molecule has 0 spiro atoms. The second-order valence-corrected chi connectivity index (χ2v) is 7.41. The molecule has 2 aromatic rings. The van der Waals surface area contributed by atoms with Crippen molar-refractivity contribution in [1.82, 2.24) is 9.78 Å². The number of amides is 1. The standard InChI is InChI=1S/C15H18N4O3S2/c1-15(2,3)22-13(21)19-14(23)24-12(17-19)18(11(20)9-16)10-7-5-4-6-8-10/h4-8H,9,16H2,1-3H3. The Bertz CT molecular complexity index is 793. The number of rotatable bonds is 3. The van der Waals surface area contributed by atoms with Gasteiger partial charge >= 0.3 is 6.09 Å². The summed E-state index contributed by atoms with van der Waals surface area (Å²) < 4.78 is 6.42. The van der Waals surface area contributed by atoms with Crippen molar-refractivity contribution in [2.45, 2.75) is 26.4 Å². The molecule has 1 amide bonds. The predicted molar refractivity (Wildman–Crippen MR) is 95.2 cm³/mol. The lowest BCUT2D eigenvalue weighted by atomic mass is 10.2. The smallest absolute Gasteiger partial charge is 0.437 e. The Labute approximate surface area is 148 Å². The van der Waals surface area contributed by atoms with E-state index in [-0.39, 0.29) is 21.5 Å². The van der Waals surface area contributed by atoms with Gasteiger partial charge in [0.2, 0.25) is 11.0 Å². The van der Waals surface area contributed by atoms with Crippen molar-refractivity contribution in [3.05, 3.63) is 34.3 Å². The fourth-order valence-corrected chi connectivity index (χ4v) is 2.93. The quantitative estimate of drug-likeness (QED) is 0.840. The number of benzene rings is 1. The van der Waals surface area contributed by atoms with E-state index in [2.05, 4.69) is 5.10 Å². The zero-order chi connectivity index (χ0) is 17.9. The number of nitrogens with zero attached hydrogens (tertiary/aromatic N) is 3. The lowest BCUT2D eigenvalue weighted by Gasteiger charge is -2.19. The highest BCUT2D eigenvalue weighted by Crippen LogP contribution is 2.28. The number of ether oxygens (including phenoxy) is 1. The summed E-state index contributed by atoms with van der Waals surface area (Å²) in [5.41, 5.74) is 5.41. The minimum atomic E-state index is -0.691. The van der Waals surface area contributed by atoms with Crippen LogP contribution in [0, 0.1) is 3.95 Å². The largest absolute Gasteiger partial charge is 0.442 e. The van der Waals surface area contributed by atoms with Crippen molar-refractivity contribution in [3.63, 3.8) is 0 Å². The molecule has 1 aromatic carbocycles. The second-order valence-electron chi connectivity index (χ2n) is 5.81. The third kappa shape index (κ3) is 4.25. The average molecular weight is 366 g/mol. The summed E-state index contributed by atoms with van der Waals surface area (Å²) >= 11 is 6.21. The van der Waals surface area contributed by atoms with Crippen LogP contribution in [0.2, 0.25) is 0 Å². The summed E-state index contributed by atoms with van der Waals surface area (Å²) in [5.74, 6) is -0.360. The molecule has 1 heterocycles. The molecule has 0 aliphatic rings. The first-order chi connectivity index (χ1) is 11.2. The van der Waals surface area contributed by atoms with E-state index in [1.165, 1.54) is 4.90 Å². The van der Waals surface area contributed by atoms with Crippen molar-refractivity contribution in [1.29, 1.82) is 0 Å². The molecule has 24 heavy (non-hydrogen) atoms. The van der Waals surface area contributed by atoms with Crippen LogP contribution in [0.15, 0.2) is 30.3 Å². The summed E-state index contributed by atoms with van der Waals surface area (Å²) in [5, 5.41) is 4.40. The highest BCUT2D eigenvalue weighted by molar-refractivity contribution is 7.73. The van der Waals surface area contributed by atoms with Crippen LogP contribution in [0.1, 0.15) is 20.8 Å². The first kappa shape index (κ1) is 18.2. The van der Waals surface area contributed by atoms with Crippen molar-refractivity contribution in [3.8, 4) is 0 Å². The van der Waals surface area contributed by atoms with Crippen molar-refractivity contribution >= 4 is 46.4 Å². The molecule has 0 saturated carbocycles. The second kappa shape index (κ2) is 7.20. The zero-order valence-corrected chi connectivity index (χ0v) is 15.2. The van der Waals surface area contributed by atoms with Gasteiger partial charge in [-0.15, -0.1) is 9.78 Å². The van der Waals surface area contributed by atoms with Gasteiger partial charge < -0.3 is 10.5 Å². The first-order valence-electron chi connectivity index (χ1n) is 7.14. The van der Waals surface area contributed by atoms with Gasteiger partial charge in [0.1, 0.15) is 5.60 Å². The normalized spacial score (nSPS) is 11.2. The van der Waals surface area contributed by atoms with Gasteiger partial charge in [-0.25, -0.2) is 4.79 Å². The summed E-state index contributed by atoms with van der Waals surface area (Å²) in [7, 11) is 0. The molecule has 2 N–H and O–H groups in total. The van der Waals surface area contributed by atoms with Gasteiger partial charge in [0.25, 0.3) is 0 Å². The van der Waals surface area contributed by atoms with Crippen LogP contribution in [0.4, 0.5) is 15.6 Å². The maximum absolute atomic E-state index is 12.2. The monoisotopic (exact) mass is 366 g/mol. The van der Waals surface area contributed by atoms with E-state index in [0.29, 0.717) is 5.69 Å². The SMILES string of the molecule is CC(C)(C)OC(=O)n1nc(N(C(=O)CN)c2ccccc2)sc1=S. The molecule has 0 aliphatic carbocycles. The van der Waals surface area contributed by atoms with E-state index < -0.39 is 11.7 Å². The number of nitrogens with two attached hydrogens (primary N) is 1. The molecule has 128 valence electrons. The first-order valence-corrected chi connectivity index (χ1v) is 8.37. The lowest BCUT2D eigenvalue weighted by molar-refractivity contribution is -0.116. The summed E-state index contributed by atoms with van der Waals surface area (Å²) in [6.45, 7) is 5.04. The minimum absolute atomic E-state index is 0.185. The van der Waals surface area contributed by atoms with Crippen LogP contribution >= 0.6 is 23.6 Å². The Morgan fingerprint density at radius 1 is 1.33 bits per heavy atom. The van der Waals surface area contributed by atoms with E-state index in [0.717, 1.165) is 16.0 Å². The Morgan fingerprint density at radius 2 is 1.96 bits per heavy atom. The number of para-hydroxylation sites is 1. The topological polar surface area (TPSA) is 90.5 Å². The van der Waals surface area contributed by atoms with Crippen molar-refractivity contribution in [2.75, 3.05) is 11.4 Å². The van der Waals surface area contributed by atoms with Gasteiger partial charge in [0.15, 0.2) is 3.95 Å². The Kier molecular flexibility index (Phi) is 5.47. The van der Waals surface area contributed by atoms with Crippen LogP contribution in [0.5, 0.6) is 0 Å². The highest BCUT2D eigenvalue weighted by Gasteiger charge is 2.25. The van der Waals surface area contributed by atoms with E-state index in [9.17, 15) is 9.59 Å². The van der Waals surface area contributed by atoms with Crippen molar-refractivity contribution in [2.24, 2.45) is 5.73 Å². The van der Waals surface area contributed by atoms with E-state index in [4.69, 9.17) is 22.7 Å². The van der Waals surface area contributed by atoms with Crippen LogP contribution < -0.4 is 10.6 Å². The summed E-state index contributed by atoms with van der Waals surface area (Å²) in [6.07, 6.45) is -0.691. The molecule has 0 atom stereocenters. The summed E-state index contributed by atoms with van der Waals surface area (Å²) in [6, 6.07) is 8.90. The molecular weight excluding hydrogens is 348 g/mol. The van der Waals surface area contributed by atoms with E-state index >= 15 is 0 Å². The number of carbonyl (C=O) groups is 2. The molecule has 0 unspecified atom stereocenters. The van der Waals surface area contributed by atoms with E-state index in [1.807, 2.05) is 6.07 Å². The Balaban J connectivity index is 2.43. The Hall–Kier alpha value is -2.10. The predicted octanol–water partition coefficient (Wildman–Crippen LogP) is 3.08. The third-order valence-corrected chi connectivity index (χ3v) is 3.95. The molecule has 1 aromatic heterocycles. The van der Waals surface area contributed by atoms with Crippen LogP contribution in [0.3, 0.4) is 0 Å². The molecule has 2 rings (SSSR count). The van der Waals surface area contributed by atoms with Crippen LogP contribution in [0.25, 0.3) is 0 Å². The van der Waals surface area contributed by atoms with Gasteiger partial charge in [0, 0.05) is 0 Å². The van der Waals surface area contributed by atoms with Gasteiger partial charge in [-0.3, -0.25) is 9.69 Å². The van der Waals surface area contributed by atoms with Gasteiger partial charge in [0.05, 0.1) is 12.2 Å². The molecule has 0 radical (unpaired) electrons. The number of aromatic nitrogens is 2. The number of carbonyl (C=O) groups excluding carboxylic acids is 2. The van der Waals surface area contributed by atoms with Gasteiger partial charge in [-0.1, -0.05) is 29.5 Å². The molecule has 9 heteroatoms. The lowest BCUT2D eigenvalue weighted by Crippen LogP contribution is -2.32. The third-order valence-electron chi connectivity index (χ3n) is 2.73. The molecular formula is C15H18N4O3S2. The number of hydrogen-bond donors (Lipinski definition) is 1. The molecule has 0 fully saturated rings. The van der Waals surface area contributed by atoms with Gasteiger partial charge in [-0.05, 0) is 45.1 Å². The summed E-state index contributed by atoms with van der Waals surface area (Å²) in [4.78, 5) is 25.8. The fraction of sp³-hybridized carbons (Fsp3) is 0.333. The molecule has 0 saturated heterocycles. The highest BCUT2D eigenvalue weighted by atomic mass is 32.1. The zero-order valence-electron chi connectivity index (χ0n) is 13.6. The molecule has 0 bridgehead atoms. The Morgan fingerprint density at radius 3 is 2.50 bits per heavy atom. The average Bonchev–Trinajstić information content (AvgIpc) is 2.88. The van der Waals surface area contributed by atoms with Crippen LogP contribution in [-0.4, -0.2) is 33.9 Å². The van der Waals surface area contributed by atoms with Gasteiger partial charge in [-0.2, -0.15) is 0 Å². The molecule has 0 aliphatic heterocycles. The minimum Gasteiger partial charge on any atom is -0.442 e. The number of anilines is 2. The molecule has 7 nitrogen and oxygen atoms in total. The van der Waals surface area contributed by atoms with Crippen LogP contribution in [-0.2, 0) is 9.53 Å². The fourth-order valence-electron chi connectivity index (χ4n) is 1.81. The van der Waals surface area contributed by atoms with E-state index in [1.54, 1.807) is 45.0 Å². The maximum atomic E-state index is 12.2.